The van der Waals surface area contributed by atoms with Gasteiger partial charge in [-0.3, -0.25) is 19.7 Å². The summed E-state index contributed by atoms with van der Waals surface area (Å²) in [5.41, 5.74) is -1.09. The number of hydrogen-bond donors (Lipinski definition) is 1. The van der Waals surface area contributed by atoms with E-state index < -0.39 is 40.8 Å². The highest BCUT2D eigenvalue weighted by atomic mass is 19.4. The van der Waals surface area contributed by atoms with Crippen molar-refractivity contribution in [1.82, 2.24) is 4.90 Å². The molecule has 0 saturated carbocycles. The van der Waals surface area contributed by atoms with Gasteiger partial charge in [0.15, 0.2) is 6.61 Å². The summed E-state index contributed by atoms with van der Waals surface area (Å²) in [4.78, 5) is 34.3. The van der Waals surface area contributed by atoms with Crippen LogP contribution in [0, 0.1) is 10.1 Å². The number of benzene rings is 1. The molecule has 0 aliphatic heterocycles. The number of carbonyl (C=O) groups is 2. The maximum atomic E-state index is 12.4. The van der Waals surface area contributed by atoms with Crippen LogP contribution >= 0.6 is 0 Å². The predicted molar refractivity (Wildman–Crippen MR) is 78.5 cm³/mol. The fourth-order valence-electron chi connectivity index (χ4n) is 1.90. The van der Waals surface area contributed by atoms with Gasteiger partial charge in [-0.05, 0) is 19.1 Å². The molecule has 1 N–H and O–H groups in total. The van der Waals surface area contributed by atoms with Gasteiger partial charge in [0.1, 0.15) is 11.3 Å². The third-order valence-corrected chi connectivity index (χ3v) is 3.06. The molecule has 25 heavy (non-hydrogen) atoms. The van der Waals surface area contributed by atoms with Crippen LogP contribution in [0.2, 0.25) is 0 Å². The lowest BCUT2D eigenvalue weighted by molar-refractivity contribution is -0.385. The molecule has 1 aromatic carbocycles. The van der Waals surface area contributed by atoms with Crippen LogP contribution in [0.25, 0.3) is 0 Å². The second-order valence-corrected chi connectivity index (χ2v) is 4.87. The highest BCUT2D eigenvalue weighted by Gasteiger charge is 2.30. The van der Waals surface area contributed by atoms with E-state index in [1.165, 1.54) is 6.92 Å². The summed E-state index contributed by atoms with van der Waals surface area (Å²) in [5.74, 6) is -2.39. The number of nitro groups is 1. The highest BCUT2D eigenvalue weighted by molar-refractivity contribution is 5.98. The second kappa shape index (κ2) is 8.31. The summed E-state index contributed by atoms with van der Waals surface area (Å²) in [6.07, 6.45) is -4.99. The number of hydrogen-bond acceptors (Lipinski definition) is 5. The Morgan fingerprint density at radius 1 is 1.36 bits per heavy atom. The van der Waals surface area contributed by atoms with Crippen LogP contribution in [0.15, 0.2) is 18.2 Å². The summed E-state index contributed by atoms with van der Waals surface area (Å²) in [6.45, 7) is -0.211. The average molecular weight is 364 g/mol. The molecule has 0 aliphatic carbocycles. The Labute approximate surface area is 139 Å². The molecule has 1 amide bonds. The van der Waals surface area contributed by atoms with E-state index in [1.54, 1.807) is 0 Å². The Balaban J connectivity index is 3.12. The van der Waals surface area contributed by atoms with Gasteiger partial charge in [0.2, 0.25) is 0 Å². The van der Waals surface area contributed by atoms with Crippen molar-refractivity contribution in [2.24, 2.45) is 0 Å². The number of carbonyl (C=O) groups excluding carboxylic acids is 1. The van der Waals surface area contributed by atoms with Crippen LogP contribution in [0.5, 0.6) is 5.75 Å². The largest absolute Gasteiger partial charge is 0.484 e. The van der Waals surface area contributed by atoms with Crippen LogP contribution < -0.4 is 4.74 Å². The number of aliphatic carboxylic acids is 1. The lowest BCUT2D eigenvalue weighted by Gasteiger charge is -2.20. The zero-order valence-corrected chi connectivity index (χ0v) is 13.1. The Morgan fingerprint density at radius 3 is 2.48 bits per heavy atom. The van der Waals surface area contributed by atoms with Gasteiger partial charge in [-0.15, -0.1) is 0 Å². The molecule has 8 nitrogen and oxygen atoms in total. The Hall–Kier alpha value is -2.85. The zero-order chi connectivity index (χ0) is 19.2. The number of carboxylic acid groups (broad SMARTS) is 1. The van der Waals surface area contributed by atoms with Gasteiger partial charge in [-0.2, -0.15) is 13.2 Å². The second-order valence-electron chi connectivity index (χ2n) is 4.87. The van der Waals surface area contributed by atoms with Crippen LogP contribution in [0.4, 0.5) is 18.9 Å². The number of halogens is 3. The molecule has 138 valence electrons. The topological polar surface area (TPSA) is 110 Å². The monoisotopic (exact) mass is 364 g/mol. The van der Waals surface area contributed by atoms with Gasteiger partial charge in [0.05, 0.1) is 11.3 Å². The standard InChI is InChI=1S/C14H15F3N2O6/c1-2-18(6-5-12(20)21)13(22)10-7-9(25-8-14(15,16)17)3-4-11(10)19(23)24/h3-4,7H,2,5-6,8H2,1H3,(H,20,21). The van der Waals surface area contributed by atoms with E-state index in [4.69, 9.17) is 5.11 Å². The molecular formula is C14H15F3N2O6. The molecule has 0 aliphatic rings. The van der Waals surface area contributed by atoms with Crippen molar-refractivity contribution in [3.05, 3.63) is 33.9 Å². The molecule has 0 atom stereocenters. The van der Waals surface area contributed by atoms with Crippen molar-refractivity contribution < 1.29 is 37.5 Å². The first-order valence-corrected chi connectivity index (χ1v) is 7.04. The fraction of sp³-hybridized carbons (Fsp3) is 0.429. The molecular weight excluding hydrogens is 349 g/mol. The first-order chi connectivity index (χ1) is 11.5. The van der Waals surface area contributed by atoms with Crippen molar-refractivity contribution in [2.75, 3.05) is 19.7 Å². The molecule has 11 heteroatoms. The third kappa shape index (κ3) is 6.28. The van der Waals surface area contributed by atoms with E-state index in [9.17, 15) is 32.9 Å². The minimum absolute atomic E-state index is 0.0664. The molecule has 0 bridgehead atoms. The smallest absolute Gasteiger partial charge is 0.422 e. The van der Waals surface area contributed by atoms with Gasteiger partial charge in [-0.25, -0.2) is 0 Å². The van der Waals surface area contributed by atoms with Crippen LogP contribution in [0.3, 0.4) is 0 Å². The summed E-state index contributed by atoms with van der Waals surface area (Å²) >= 11 is 0. The Bertz CT molecular complexity index is 662. The Morgan fingerprint density at radius 2 is 2.00 bits per heavy atom. The van der Waals surface area contributed by atoms with Crippen LogP contribution in [0.1, 0.15) is 23.7 Å². The van der Waals surface area contributed by atoms with Gasteiger partial charge >= 0.3 is 12.1 Å². The summed E-state index contributed by atoms with van der Waals surface area (Å²) in [6, 6.07) is 2.66. The highest BCUT2D eigenvalue weighted by Crippen LogP contribution is 2.27. The van der Waals surface area contributed by atoms with Crippen molar-refractivity contribution >= 4 is 17.6 Å². The molecule has 0 spiro atoms. The fourth-order valence-corrected chi connectivity index (χ4v) is 1.90. The average Bonchev–Trinajstić information content (AvgIpc) is 2.51. The number of alkyl halides is 3. The van der Waals surface area contributed by atoms with Crippen molar-refractivity contribution in [1.29, 1.82) is 0 Å². The first-order valence-electron chi connectivity index (χ1n) is 7.04. The van der Waals surface area contributed by atoms with E-state index in [2.05, 4.69) is 4.74 Å². The minimum Gasteiger partial charge on any atom is -0.484 e. The number of nitro benzene ring substituents is 1. The number of carboxylic acids is 1. The Kier molecular flexibility index (Phi) is 6.71. The van der Waals surface area contributed by atoms with E-state index in [0.29, 0.717) is 0 Å². The SMILES string of the molecule is CCN(CCC(=O)O)C(=O)c1cc(OCC(F)(F)F)ccc1[N+](=O)[O-]. The number of rotatable bonds is 8. The summed E-state index contributed by atoms with van der Waals surface area (Å²) in [5, 5.41) is 19.7. The predicted octanol–water partition coefficient (Wildman–Crippen LogP) is 2.47. The van der Waals surface area contributed by atoms with E-state index in [-0.39, 0.29) is 25.3 Å². The van der Waals surface area contributed by atoms with Crippen LogP contribution in [-0.2, 0) is 4.79 Å². The minimum atomic E-state index is -4.61. The zero-order valence-electron chi connectivity index (χ0n) is 13.1. The maximum absolute atomic E-state index is 12.4. The van der Waals surface area contributed by atoms with Crippen molar-refractivity contribution in [3.8, 4) is 5.75 Å². The molecule has 1 aromatic rings. The first kappa shape index (κ1) is 20.2. The number of nitrogens with zero attached hydrogens (tertiary/aromatic N) is 2. The molecule has 0 radical (unpaired) electrons. The maximum Gasteiger partial charge on any atom is 0.422 e. The molecule has 0 heterocycles. The molecule has 1 rings (SSSR count). The molecule has 0 saturated heterocycles. The summed E-state index contributed by atoms with van der Waals surface area (Å²) < 4.78 is 41.1. The quantitative estimate of drug-likeness (QED) is 0.560. The molecule has 0 fully saturated rings. The van der Waals surface area contributed by atoms with Crippen molar-refractivity contribution in [3.63, 3.8) is 0 Å². The van der Waals surface area contributed by atoms with Crippen LogP contribution in [-0.4, -0.2) is 52.7 Å². The third-order valence-electron chi connectivity index (χ3n) is 3.06. The van der Waals surface area contributed by atoms with Crippen molar-refractivity contribution in [2.45, 2.75) is 19.5 Å². The van der Waals surface area contributed by atoms with Gasteiger partial charge in [0.25, 0.3) is 11.6 Å². The molecule has 0 aromatic heterocycles. The molecule has 0 unspecified atom stereocenters. The van der Waals surface area contributed by atoms with Gasteiger partial charge in [0, 0.05) is 19.2 Å². The van der Waals surface area contributed by atoms with Gasteiger partial charge in [-0.1, -0.05) is 0 Å². The van der Waals surface area contributed by atoms with E-state index >= 15 is 0 Å². The lowest BCUT2D eigenvalue weighted by atomic mass is 10.1. The normalized spacial score (nSPS) is 11.0. The van der Waals surface area contributed by atoms with E-state index in [0.717, 1.165) is 23.1 Å². The number of amides is 1. The summed E-state index contributed by atoms with van der Waals surface area (Å²) in [7, 11) is 0. The van der Waals surface area contributed by atoms with Gasteiger partial charge < -0.3 is 14.7 Å². The lowest BCUT2D eigenvalue weighted by Crippen LogP contribution is -2.33. The van der Waals surface area contributed by atoms with E-state index in [1.807, 2.05) is 0 Å². The number of ether oxygens (including phenoxy) is 1.